The normalized spacial score (nSPS) is 14.6. The molecular weight excluding hydrogens is 214 g/mol. The Balaban J connectivity index is 0. The molecule has 1 saturated heterocycles. The van der Waals surface area contributed by atoms with Crippen LogP contribution in [-0.2, 0) is 9.47 Å². The zero-order valence-corrected chi connectivity index (χ0v) is 9.97. The first kappa shape index (κ1) is 18.1. The fourth-order valence-electron chi connectivity index (χ4n) is 0.893. The van der Waals surface area contributed by atoms with E-state index in [0.717, 1.165) is 26.4 Å². The lowest BCUT2D eigenvalue weighted by molar-refractivity contribution is -0.0334. The number of aliphatic hydroxyl groups excluding tert-OH is 2. The molecule has 1 aliphatic heterocycles. The molecule has 0 spiro atoms. The topological polar surface area (TPSA) is 114 Å². The van der Waals surface area contributed by atoms with E-state index in [0.29, 0.717) is 13.1 Å². The summed E-state index contributed by atoms with van der Waals surface area (Å²) in [6.07, 6.45) is 0. The highest BCUT2D eigenvalue weighted by Gasteiger charge is 1.94. The average molecular weight is 239 g/mol. The molecule has 0 saturated carbocycles. The molecule has 1 rings (SSSR count). The van der Waals surface area contributed by atoms with Crippen molar-refractivity contribution in [1.82, 2.24) is 4.90 Å². The van der Waals surface area contributed by atoms with Gasteiger partial charge in [-0.3, -0.25) is 11.7 Å². The molecule has 0 unspecified atom stereocenters. The van der Waals surface area contributed by atoms with Gasteiger partial charge in [-0.15, -0.1) is 0 Å². The summed E-state index contributed by atoms with van der Waals surface area (Å²) in [6, 6.07) is 0. The van der Waals surface area contributed by atoms with Crippen molar-refractivity contribution in [3.05, 3.63) is 0 Å². The summed E-state index contributed by atoms with van der Waals surface area (Å²) < 4.78 is 9.89. The summed E-state index contributed by atoms with van der Waals surface area (Å²) in [5.74, 6) is 8.00. The minimum absolute atomic E-state index is 0.163. The van der Waals surface area contributed by atoms with Crippen LogP contribution in [0.15, 0.2) is 0 Å². The van der Waals surface area contributed by atoms with E-state index in [-0.39, 0.29) is 13.2 Å². The molecule has 0 aliphatic carbocycles. The number of likely N-dealkylation sites (N-methyl/N-ethyl adjacent to an activating group) is 1. The van der Waals surface area contributed by atoms with Gasteiger partial charge in [0.15, 0.2) is 0 Å². The minimum atomic E-state index is 0.163. The van der Waals surface area contributed by atoms with Crippen LogP contribution in [-0.4, -0.2) is 74.9 Å². The Morgan fingerprint density at radius 1 is 0.938 bits per heavy atom. The van der Waals surface area contributed by atoms with Gasteiger partial charge in [-0.1, -0.05) is 0 Å². The van der Waals surface area contributed by atoms with Gasteiger partial charge in [0.1, 0.15) is 0 Å². The monoisotopic (exact) mass is 239 g/mol. The molecule has 0 aromatic heterocycles. The van der Waals surface area contributed by atoms with E-state index in [4.69, 9.17) is 19.7 Å². The van der Waals surface area contributed by atoms with Crippen LogP contribution in [0.25, 0.3) is 0 Å². The predicted octanol–water partition coefficient (Wildman–Crippen LogP) is -2.25. The van der Waals surface area contributed by atoms with E-state index in [1.165, 1.54) is 0 Å². The lowest BCUT2D eigenvalue weighted by atomic mass is 10.5. The number of ether oxygens (including phenoxy) is 2. The second kappa shape index (κ2) is 17.1. The molecule has 7 heteroatoms. The van der Waals surface area contributed by atoms with E-state index >= 15 is 0 Å². The number of hydrogen-bond acceptors (Lipinski definition) is 7. The van der Waals surface area contributed by atoms with Gasteiger partial charge in [0.05, 0.1) is 39.6 Å². The SMILES string of the molecule is C1COCCO1.CN(CCO)CCO.NN. The van der Waals surface area contributed by atoms with Crippen LogP contribution in [0.2, 0.25) is 0 Å². The molecule has 1 fully saturated rings. The first-order valence-electron chi connectivity index (χ1n) is 5.20. The molecule has 0 atom stereocenters. The molecule has 7 nitrogen and oxygen atoms in total. The van der Waals surface area contributed by atoms with E-state index in [9.17, 15) is 0 Å². The Morgan fingerprint density at radius 3 is 1.44 bits per heavy atom. The van der Waals surface area contributed by atoms with Crippen LogP contribution >= 0.6 is 0 Å². The summed E-state index contributed by atoms with van der Waals surface area (Å²) in [4.78, 5) is 1.86. The van der Waals surface area contributed by atoms with Crippen LogP contribution in [0.3, 0.4) is 0 Å². The van der Waals surface area contributed by atoms with Gasteiger partial charge in [-0.2, -0.15) is 0 Å². The lowest BCUT2D eigenvalue weighted by Crippen LogP contribution is -2.25. The van der Waals surface area contributed by atoms with Gasteiger partial charge in [0, 0.05) is 13.1 Å². The van der Waals surface area contributed by atoms with Crippen LogP contribution in [0, 0.1) is 0 Å². The number of hydrazine groups is 1. The third kappa shape index (κ3) is 16.2. The highest BCUT2D eigenvalue weighted by atomic mass is 16.6. The van der Waals surface area contributed by atoms with Gasteiger partial charge < -0.3 is 24.6 Å². The van der Waals surface area contributed by atoms with Crippen LogP contribution in [0.4, 0.5) is 0 Å². The maximum atomic E-state index is 8.34. The standard InChI is InChI=1S/C5H13NO2.C4H8O2.H4N2/c1-6(2-4-7)3-5-8;1-2-6-4-3-5-1;1-2/h7-8H,2-5H2,1H3;1-4H2;1-2H2. The summed E-state index contributed by atoms with van der Waals surface area (Å²) in [6.45, 7) is 4.72. The average Bonchev–Trinajstić information content (AvgIpc) is 2.35. The maximum absolute atomic E-state index is 8.34. The van der Waals surface area contributed by atoms with Crippen molar-refractivity contribution < 1.29 is 19.7 Å². The first-order valence-corrected chi connectivity index (χ1v) is 5.20. The molecule has 0 bridgehead atoms. The fraction of sp³-hybridized carbons (Fsp3) is 1.00. The van der Waals surface area contributed by atoms with Gasteiger partial charge in [0.2, 0.25) is 0 Å². The van der Waals surface area contributed by atoms with Crippen LogP contribution < -0.4 is 11.7 Å². The molecule has 1 heterocycles. The van der Waals surface area contributed by atoms with E-state index in [1.54, 1.807) is 0 Å². The van der Waals surface area contributed by atoms with Crippen molar-refractivity contribution in [3.63, 3.8) is 0 Å². The van der Waals surface area contributed by atoms with E-state index < -0.39 is 0 Å². The van der Waals surface area contributed by atoms with Crippen molar-refractivity contribution in [2.24, 2.45) is 11.7 Å². The number of nitrogens with zero attached hydrogens (tertiary/aromatic N) is 1. The molecule has 0 amide bonds. The second-order valence-electron chi connectivity index (χ2n) is 2.98. The van der Waals surface area contributed by atoms with Crippen molar-refractivity contribution in [1.29, 1.82) is 0 Å². The zero-order valence-electron chi connectivity index (χ0n) is 9.97. The maximum Gasteiger partial charge on any atom is 0.0701 e. The summed E-state index contributed by atoms with van der Waals surface area (Å²) in [7, 11) is 1.85. The minimum Gasteiger partial charge on any atom is -0.395 e. The molecular formula is C9H25N3O4. The summed E-state index contributed by atoms with van der Waals surface area (Å²) >= 11 is 0. The number of hydrogen-bond donors (Lipinski definition) is 4. The Kier molecular flexibility index (Phi) is 19.4. The Hall–Kier alpha value is -0.280. The largest absolute Gasteiger partial charge is 0.395 e. The third-order valence-corrected chi connectivity index (χ3v) is 1.71. The van der Waals surface area contributed by atoms with Gasteiger partial charge in [-0.25, -0.2) is 0 Å². The number of aliphatic hydroxyl groups is 2. The van der Waals surface area contributed by atoms with E-state index in [1.807, 2.05) is 11.9 Å². The Morgan fingerprint density at radius 2 is 1.25 bits per heavy atom. The van der Waals surface area contributed by atoms with Gasteiger partial charge in [-0.05, 0) is 7.05 Å². The number of nitrogens with two attached hydrogens (primary N) is 2. The molecule has 1 aliphatic rings. The van der Waals surface area contributed by atoms with Crippen LogP contribution in [0.5, 0.6) is 0 Å². The molecule has 100 valence electrons. The molecule has 0 aromatic carbocycles. The van der Waals surface area contributed by atoms with Gasteiger partial charge >= 0.3 is 0 Å². The highest BCUT2D eigenvalue weighted by molar-refractivity contribution is 4.45. The van der Waals surface area contributed by atoms with E-state index in [2.05, 4.69) is 11.7 Å². The van der Waals surface area contributed by atoms with Crippen molar-refractivity contribution in [2.75, 3.05) is 59.8 Å². The summed E-state index contributed by atoms with van der Waals surface area (Å²) in [5.41, 5.74) is 0. The van der Waals surface area contributed by atoms with Crippen LogP contribution in [0.1, 0.15) is 0 Å². The first-order chi connectivity index (χ1) is 7.81. The quantitative estimate of drug-likeness (QED) is 0.324. The van der Waals surface area contributed by atoms with Crippen molar-refractivity contribution in [2.45, 2.75) is 0 Å². The molecule has 0 aromatic rings. The second-order valence-corrected chi connectivity index (χ2v) is 2.98. The van der Waals surface area contributed by atoms with Crippen molar-refractivity contribution in [3.8, 4) is 0 Å². The molecule has 6 N–H and O–H groups in total. The predicted molar refractivity (Wildman–Crippen MR) is 61.7 cm³/mol. The fourth-order valence-corrected chi connectivity index (χ4v) is 0.893. The molecule has 16 heavy (non-hydrogen) atoms. The van der Waals surface area contributed by atoms with Gasteiger partial charge in [0.25, 0.3) is 0 Å². The third-order valence-electron chi connectivity index (χ3n) is 1.71. The summed E-state index contributed by atoms with van der Waals surface area (Å²) in [5, 5.41) is 16.7. The Labute approximate surface area is 96.9 Å². The highest BCUT2D eigenvalue weighted by Crippen LogP contribution is 1.85. The molecule has 0 radical (unpaired) electrons. The lowest BCUT2D eigenvalue weighted by Gasteiger charge is -2.11. The number of rotatable bonds is 4. The van der Waals surface area contributed by atoms with Crippen molar-refractivity contribution >= 4 is 0 Å². The Bertz CT molecular complexity index is 97.4. The smallest absolute Gasteiger partial charge is 0.0701 e. The zero-order chi connectivity index (χ0) is 12.6.